The second kappa shape index (κ2) is 12.8. The number of benzene rings is 4. The molecule has 1 aliphatic rings. The van der Waals surface area contributed by atoms with Crippen molar-refractivity contribution in [1.82, 2.24) is 19.1 Å². The molecule has 5 heterocycles. The molecule has 0 atom stereocenters. The highest BCUT2D eigenvalue weighted by molar-refractivity contribution is 9.09. The largest absolute Gasteiger partial charge is 0.396 e. The van der Waals surface area contributed by atoms with Crippen molar-refractivity contribution in [2.75, 3.05) is 29.9 Å². The molecule has 236 valence electrons. The fourth-order valence-electron chi connectivity index (χ4n) is 7.30. The Morgan fingerprint density at radius 3 is 1.98 bits per heavy atom. The van der Waals surface area contributed by atoms with Crippen LogP contribution in [-0.2, 0) is 13.1 Å². The van der Waals surface area contributed by atoms with Gasteiger partial charge in [0.15, 0.2) is 0 Å². The molecule has 1 N–H and O–H groups in total. The third-order valence-corrected chi connectivity index (χ3v) is 10.3. The van der Waals surface area contributed by atoms with Crippen LogP contribution >= 0.6 is 27.5 Å². The third-order valence-electron chi connectivity index (χ3n) is 9.31. The van der Waals surface area contributed by atoms with Crippen molar-refractivity contribution < 1.29 is 5.11 Å². The average Bonchev–Trinajstić information content (AvgIpc) is 3.52. The van der Waals surface area contributed by atoms with Crippen LogP contribution in [0.4, 0.5) is 5.69 Å². The Labute approximate surface area is 286 Å². The predicted molar refractivity (Wildman–Crippen MR) is 201 cm³/mol. The van der Waals surface area contributed by atoms with Crippen LogP contribution in [0.2, 0.25) is 5.02 Å². The second-order valence-corrected chi connectivity index (χ2v) is 13.3. The number of fused-ring (bicyclic) bond motifs is 9. The number of para-hydroxylation sites is 4. The lowest BCUT2D eigenvalue weighted by Gasteiger charge is -2.25. The van der Waals surface area contributed by atoms with E-state index in [2.05, 4.69) is 103 Å². The maximum absolute atomic E-state index is 9.34. The first-order chi connectivity index (χ1) is 23.2. The number of aliphatic hydroxyl groups excluding tert-OH is 1. The van der Waals surface area contributed by atoms with Gasteiger partial charge in [-0.2, -0.15) is 0 Å². The maximum Gasteiger partial charge on any atom is 0.0988 e. The molecule has 6 nitrogen and oxygen atoms in total. The lowest BCUT2D eigenvalue weighted by atomic mass is 10.1. The highest BCUT2D eigenvalue weighted by Gasteiger charge is 2.24. The number of aryl methyl sites for hydroxylation is 2. The quantitative estimate of drug-likeness (QED) is 0.175. The van der Waals surface area contributed by atoms with E-state index < -0.39 is 0 Å². The molecule has 8 aromatic rings. The first-order valence-corrected chi connectivity index (χ1v) is 17.9. The zero-order chi connectivity index (χ0) is 31.9. The molecule has 0 saturated heterocycles. The summed E-state index contributed by atoms with van der Waals surface area (Å²) in [4.78, 5) is 12.4. The molecule has 0 saturated carbocycles. The number of hydrogen-bond acceptors (Lipinski definition) is 4. The Morgan fingerprint density at radius 1 is 0.660 bits per heavy atom. The normalized spacial score (nSPS) is 13.2. The Bertz CT molecular complexity index is 2420. The van der Waals surface area contributed by atoms with Gasteiger partial charge >= 0.3 is 0 Å². The number of nitrogens with zero attached hydrogens (tertiary/aromatic N) is 5. The molecule has 47 heavy (non-hydrogen) atoms. The standard InChI is InChI=1S/C21H21N3O.C18H14BrClN2/c25-14-6-12-23-11-5-13-24-18-10-4-2-8-16(18)19-21(24)20(23)15-7-1-3-9-17(15)22-19;19-10-5-11-22-15-9-4-2-7-13(15)17-18(22)16(20)12-6-1-3-8-14(12)21-17/h1-4,7-10,25H,5-6,11-14H2;1-4,6-9H,5,10-11H2. The first-order valence-electron chi connectivity index (χ1n) is 16.4. The Balaban J connectivity index is 0.000000139. The van der Waals surface area contributed by atoms with Crippen molar-refractivity contribution >= 4 is 98.9 Å². The summed E-state index contributed by atoms with van der Waals surface area (Å²) in [5.74, 6) is 0. The van der Waals surface area contributed by atoms with Gasteiger partial charge in [0, 0.05) is 59.7 Å². The number of aromatic nitrogens is 4. The molecule has 1 aliphatic heterocycles. The van der Waals surface area contributed by atoms with Crippen LogP contribution in [0.25, 0.3) is 65.7 Å². The third kappa shape index (κ3) is 5.12. The van der Waals surface area contributed by atoms with Crippen molar-refractivity contribution in [3.63, 3.8) is 0 Å². The van der Waals surface area contributed by atoms with Crippen LogP contribution in [-0.4, -0.2) is 49.2 Å². The van der Waals surface area contributed by atoms with Crippen LogP contribution < -0.4 is 4.90 Å². The SMILES string of the molecule is Clc1c2ccccc2nc2c3ccccc3n(CCCBr)c12.OCCCN1CCCn2c3ccccc3c3nc4ccccc4c1c32. The predicted octanol–water partition coefficient (Wildman–Crippen LogP) is 9.72. The zero-order valence-corrected chi connectivity index (χ0v) is 28.4. The zero-order valence-electron chi connectivity index (χ0n) is 26.0. The lowest BCUT2D eigenvalue weighted by molar-refractivity contribution is 0.289. The van der Waals surface area contributed by atoms with Crippen LogP contribution in [0, 0.1) is 0 Å². The van der Waals surface area contributed by atoms with E-state index in [1.54, 1.807) is 0 Å². The van der Waals surface area contributed by atoms with Crippen LogP contribution in [0.15, 0.2) is 97.1 Å². The van der Waals surface area contributed by atoms with Gasteiger partial charge in [-0.05, 0) is 43.5 Å². The monoisotopic (exact) mass is 703 g/mol. The first kappa shape index (κ1) is 30.2. The van der Waals surface area contributed by atoms with Gasteiger partial charge < -0.3 is 19.1 Å². The molecular weight excluding hydrogens is 670 g/mol. The van der Waals surface area contributed by atoms with E-state index in [1.807, 2.05) is 24.3 Å². The summed E-state index contributed by atoms with van der Waals surface area (Å²) in [7, 11) is 0. The lowest BCUT2D eigenvalue weighted by Crippen LogP contribution is -2.26. The number of halogens is 2. The fraction of sp³-hybridized carbons (Fsp3) is 0.231. The summed E-state index contributed by atoms with van der Waals surface area (Å²) < 4.78 is 4.74. The van der Waals surface area contributed by atoms with Crippen LogP contribution in [0.3, 0.4) is 0 Å². The Hall–Kier alpha value is -4.17. The van der Waals surface area contributed by atoms with E-state index >= 15 is 0 Å². The van der Waals surface area contributed by atoms with E-state index in [4.69, 9.17) is 21.6 Å². The number of rotatable bonds is 6. The molecule has 0 fully saturated rings. The van der Waals surface area contributed by atoms with Gasteiger partial charge in [-0.3, -0.25) is 0 Å². The van der Waals surface area contributed by atoms with Gasteiger partial charge in [-0.1, -0.05) is 100 Å². The van der Waals surface area contributed by atoms with E-state index in [1.165, 1.54) is 38.4 Å². The van der Waals surface area contributed by atoms with Crippen molar-refractivity contribution in [1.29, 1.82) is 0 Å². The van der Waals surface area contributed by atoms with Crippen LogP contribution in [0.1, 0.15) is 19.3 Å². The Kier molecular flexibility index (Phi) is 8.22. The summed E-state index contributed by atoms with van der Waals surface area (Å²) >= 11 is 10.3. The smallest absolute Gasteiger partial charge is 0.0988 e. The molecule has 4 aromatic carbocycles. The number of anilines is 1. The van der Waals surface area contributed by atoms with Crippen molar-refractivity contribution in [2.45, 2.75) is 32.4 Å². The molecule has 4 aromatic heterocycles. The molecule has 9 rings (SSSR count). The minimum absolute atomic E-state index is 0.228. The number of hydrogen-bond donors (Lipinski definition) is 1. The molecule has 0 spiro atoms. The fourth-order valence-corrected chi connectivity index (χ4v) is 7.90. The molecule has 0 amide bonds. The van der Waals surface area contributed by atoms with E-state index in [0.717, 1.165) is 88.8 Å². The number of alkyl halides is 1. The van der Waals surface area contributed by atoms with Crippen molar-refractivity contribution in [3.8, 4) is 0 Å². The average molecular weight is 705 g/mol. The van der Waals surface area contributed by atoms with Gasteiger partial charge in [0.1, 0.15) is 0 Å². The molecule has 0 unspecified atom stereocenters. The van der Waals surface area contributed by atoms with Gasteiger partial charge in [-0.15, -0.1) is 0 Å². The number of aliphatic hydroxyl groups is 1. The minimum atomic E-state index is 0.228. The maximum atomic E-state index is 9.34. The van der Waals surface area contributed by atoms with Gasteiger partial charge in [0.2, 0.25) is 0 Å². The highest BCUT2D eigenvalue weighted by atomic mass is 79.9. The summed E-state index contributed by atoms with van der Waals surface area (Å²) in [5.41, 5.74) is 10.1. The summed E-state index contributed by atoms with van der Waals surface area (Å²) in [6.07, 6.45) is 2.94. The summed E-state index contributed by atoms with van der Waals surface area (Å²) in [5, 5.41) is 15.7. The summed E-state index contributed by atoms with van der Waals surface area (Å²) in [6.45, 7) is 4.05. The highest BCUT2D eigenvalue weighted by Crippen LogP contribution is 2.41. The van der Waals surface area contributed by atoms with Crippen molar-refractivity contribution in [3.05, 3.63) is 102 Å². The molecule has 0 radical (unpaired) electrons. The molecule has 0 bridgehead atoms. The Morgan fingerprint density at radius 2 is 1.26 bits per heavy atom. The summed E-state index contributed by atoms with van der Waals surface area (Å²) in [6, 6.07) is 33.5. The van der Waals surface area contributed by atoms with E-state index in [0.29, 0.717) is 0 Å². The topological polar surface area (TPSA) is 59.1 Å². The minimum Gasteiger partial charge on any atom is -0.396 e. The molecule has 8 heteroatoms. The van der Waals surface area contributed by atoms with Crippen molar-refractivity contribution in [2.24, 2.45) is 0 Å². The second-order valence-electron chi connectivity index (χ2n) is 12.1. The van der Waals surface area contributed by atoms with Crippen LogP contribution in [0.5, 0.6) is 0 Å². The van der Waals surface area contributed by atoms with Gasteiger partial charge in [-0.25, -0.2) is 9.97 Å². The van der Waals surface area contributed by atoms with Gasteiger partial charge in [0.25, 0.3) is 0 Å². The molecular formula is C39H35BrClN5O. The molecule has 0 aliphatic carbocycles. The van der Waals surface area contributed by atoms with E-state index in [-0.39, 0.29) is 6.61 Å². The number of pyridine rings is 2. The van der Waals surface area contributed by atoms with E-state index in [9.17, 15) is 5.11 Å². The van der Waals surface area contributed by atoms with Gasteiger partial charge in [0.05, 0.1) is 54.8 Å².